The molecule has 3 nitrogen and oxygen atoms in total. The number of nitrogens with zero attached hydrogens (tertiary/aromatic N) is 2. The first-order valence-corrected chi connectivity index (χ1v) is 7.28. The van der Waals surface area contributed by atoms with Crippen molar-refractivity contribution < 1.29 is 4.39 Å². The number of anilines is 1. The molecule has 0 saturated carbocycles. The maximum absolute atomic E-state index is 14.0. The van der Waals surface area contributed by atoms with Gasteiger partial charge >= 0.3 is 0 Å². The molecule has 0 amide bonds. The standard InChI is InChI=1S/C13H17BrFN3/c1-2-12-10-6-16-4-8(10)7-18(12)13-11(15)3-9(14)5-17-13/h3,5,8,10,12,16H,2,4,6-7H2,1H3. The van der Waals surface area contributed by atoms with E-state index in [1.54, 1.807) is 6.20 Å². The van der Waals surface area contributed by atoms with Crippen LogP contribution in [0.2, 0.25) is 0 Å². The van der Waals surface area contributed by atoms with Crippen LogP contribution in [0.1, 0.15) is 13.3 Å². The molecule has 0 spiro atoms. The van der Waals surface area contributed by atoms with Gasteiger partial charge in [0.15, 0.2) is 11.6 Å². The van der Waals surface area contributed by atoms with Crippen molar-refractivity contribution in [1.82, 2.24) is 10.3 Å². The largest absolute Gasteiger partial charge is 0.351 e. The van der Waals surface area contributed by atoms with Crippen molar-refractivity contribution in [1.29, 1.82) is 0 Å². The Kier molecular flexibility index (Phi) is 3.28. The average molecular weight is 314 g/mol. The quantitative estimate of drug-likeness (QED) is 0.909. The van der Waals surface area contributed by atoms with Crippen LogP contribution in [0.4, 0.5) is 10.2 Å². The zero-order valence-corrected chi connectivity index (χ0v) is 12.0. The first-order valence-electron chi connectivity index (χ1n) is 6.49. The number of halogens is 2. The first-order chi connectivity index (χ1) is 8.70. The highest BCUT2D eigenvalue weighted by Gasteiger charge is 2.44. The Morgan fingerprint density at radius 2 is 2.39 bits per heavy atom. The van der Waals surface area contributed by atoms with Gasteiger partial charge in [0.05, 0.1) is 0 Å². The number of rotatable bonds is 2. The van der Waals surface area contributed by atoms with Crippen LogP contribution >= 0.6 is 15.9 Å². The molecule has 1 aromatic rings. The SMILES string of the molecule is CCC1C2CNCC2CN1c1ncc(Br)cc1F. The predicted octanol–water partition coefficient (Wildman–Crippen LogP) is 2.42. The van der Waals surface area contributed by atoms with E-state index in [2.05, 4.69) is 38.1 Å². The minimum Gasteiger partial charge on any atom is -0.351 e. The van der Waals surface area contributed by atoms with Gasteiger partial charge in [0, 0.05) is 36.3 Å². The molecule has 2 aliphatic heterocycles. The van der Waals surface area contributed by atoms with Crippen molar-refractivity contribution in [3.05, 3.63) is 22.6 Å². The van der Waals surface area contributed by atoms with Crippen LogP contribution in [0.25, 0.3) is 0 Å². The summed E-state index contributed by atoms with van der Waals surface area (Å²) in [5.41, 5.74) is 0. The summed E-state index contributed by atoms with van der Waals surface area (Å²) in [7, 11) is 0. The molecule has 0 radical (unpaired) electrons. The molecule has 5 heteroatoms. The molecule has 2 fully saturated rings. The molecule has 2 aliphatic rings. The van der Waals surface area contributed by atoms with Crippen molar-refractivity contribution in [2.45, 2.75) is 19.4 Å². The van der Waals surface area contributed by atoms with Crippen molar-refractivity contribution in [3.8, 4) is 0 Å². The number of fused-ring (bicyclic) bond motifs is 1. The number of nitrogens with one attached hydrogen (secondary N) is 1. The Hall–Kier alpha value is -0.680. The van der Waals surface area contributed by atoms with E-state index < -0.39 is 0 Å². The summed E-state index contributed by atoms with van der Waals surface area (Å²) in [5, 5.41) is 3.44. The molecule has 3 rings (SSSR count). The summed E-state index contributed by atoms with van der Waals surface area (Å²) >= 11 is 3.25. The number of hydrogen-bond acceptors (Lipinski definition) is 3. The maximum atomic E-state index is 14.0. The lowest BCUT2D eigenvalue weighted by molar-refractivity contribution is 0.440. The molecular weight excluding hydrogens is 297 g/mol. The van der Waals surface area contributed by atoms with E-state index >= 15 is 0 Å². The number of aromatic nitrogens is 1. The second-order valence-electron chi connectivity index (χ2n) is 5.17. The predicted molar refractivity (Wildman–Crippen MR) is 73.2 cm³/mol. The van der Waals surface area contributed by atoms with Gasteiger partial charge in [-0.3, -0.25) is 0 Å². The van der Waals surface area contributed by atoms with Crippen LogP contribution in [0, 0.1) is 17.7 Å². The molecule has 98 valence electrons. The van der Waals surface area contributed by atoms with Crippen LogP contribution in [0.5, 0.6) is 0 Å². The third-order valence-electron chi connectivity index (χ3n) is 4.20. The lowest BCUT2D eigenvalue weighted by Crippen LogP contribution is -2.36. The summed E-state index contributed by atoms with van der Waals surface area (Å²) < 4.78 is 14.7. The van der Waals surface area contributed by atoms with E-state index in [0.29, 0.717) is 28.2 Å². The van der Waals surface area contributed by atoms with Gasteiger partial charge in [-0.1, -0.05) is 6.92 Å². The van der Waals surface area contributed by atoms with Crippen LogP contribution < -0.4 is 10.2 Å². The summed E-state index contributed by atoms with van der Waals surface area (Å²) in [6.07, 6.45) is 2.72. The zero-order chi connectivity index (χ0) is 12.7. The Labute approximate surface area is 115 Å². The van der Waals surface area contributed by atoms with E-state index in [9.17, 15) is 4.39 Å². The monoisotopic (exact) mass is 313 g/mol. The van der Waals surface area contributed by atoms with Crippen LogP contribution in [-0.4, -0.2) is 30.7 Å². The minimum absolute atomic E-state index is 0.226. The van der Waals surface area contributed by atoms with Gasteiger partial charge < -0.3 is 10.2 Å². The van der Waals surface area contributed by atoms with E-state index in [4.69, 9.17) is 0 Å². The zero-order valence-electron chi connectivity index (χ0n) is 10.4. The Morgan fingerprint density at radius 3 is 3.11 bits per heavy atom. The molecule has 18 heavy (non-hydrogen) atoms. The third-order valence-corrected chi connectivity index (χ3v) is 4.63. The van der Waals surface area contributed by atoms with Crippen molar-refractivity contribution in [3.63, 3.8) is 0 Å². The van der Waals surface area contributed by atoms with E-state index in [1.165, 1.54) is 6.07 Å². The highest BCUT2D eigenvalue weighted by atomic mass is 79.9. The minimum atomic E-state index is -0.226. The van der Waals surface area contributed by atoms with Gasteiger partial charge in [-0.05, 0) is 40.3 Å². The fourth-order valence-corrected chi connectivity index (χ4v) is 3.71. The van der Waals surface area contributed by atoms with Gasteiger partial charge in [-0.2, -0.15) is 0 Å². The van der Waals surface area contributed by atoms with Crippen molar-refractivity contribution in [2.24, 2.45) is 11.8 Å². The Balaban J connectivity index is 1.91. The van der Waals surface area contributed by atoms with Gasteiger partial charge in [-0.15, -0.1) is 0 Å². The molecule has 3 heterocycles. The van der Waals surface area contributed by atoms with Gasteiger partial charge in [0.25, 0.3) is 0 Å². The fourth-order valence-electron chi connectivity index (χ4n) is 3.41. The summed E-state index contributed by atoms with van der Waals surface area (Å²) in [5.74, 6) is 1.56. The van der Waals surface area contributed by atoms with Gasteiger partial charge in [0.2, 0.25) is 0 Å². The Morgan fingerprint density at radius 1 is 1.56 bits per heavy atom. The summed E-state index contributed by atoms with van der Waals surface area (Å²) in [4.78, 5) is 6.43. The summed E-state index contributed by atoms with van der Waals surface area (Å²) in [6, 6.07) is 1.91. The van der Waals surface area contributed by atoms with E-state index in [1.807, 2.05) is 0 Å². The smallest absolute Gasteiger partial charge is 0.166 e. The van der Waals surface area contributed by atoms with Crippen LogP contribution in [0.15, 0.2) is 16.7 Å². The molecule has 2 saturated heterocycles. The van der Waals surface area contributed by atoms with Gasteiger partial charge in [-0.25, -0.2) is 9.37 Å². The highest BCUT2D eigenvalue weighted by molar-refractivity contribution is 9.10. The Bertz CT molecular complexity index is 454. The molecule has 0 aromatic carbocycles. The van der Waals surface area contributed by atoms with E-state index in [-0.39, 0.29) is 5.82 Å². The van der Waals surface area contributed by atoms with Crippen molar-refractivity contribution in [2.75, 3.05) is 24.5 Å². The molecular formula is C13H17BrFN3. The number of pyridine rings is 1. The second-order valence-corrected chi connectivity index (χ2v) is 6.08. The molecule has 0 bridgehead atoms. The number of hydrogen-bond donors (Lipinski definition) is 1. The normalized spacial score (nSPS) is 30.8. The lowest BCUT2D eigenvalue weighted by Gasteiger charge is -2.28. The average Bonchev–Trinajstić information content (AvgIpc) is 2.88. The third kappa shape index (κ3) is 1.93. The second kappa shape index (κ2) is 4.78. The molecule has 1 aromatic heterocycles. The molecule has 3 atom stereocenters. The molecule has 3 unspecified atom stereocenters. The summed E-state index contributed by atoms with van der Waals surface area (Å²) in [6.45, 7) is 5.20. The lowest BCUT2D eigenvalue weighted by atomic mass is 9.93. The van der Waals surface area contributed by atoms with E-state index in [0.717, 1.165) is 26.1 Å². The van der Waals surface area contributed by atoms with Crippen LogP contribution in [-0.2, 0) is 0 Å². The fraction of sp³-hybridized carbons (Fsp3) is 0.615. The van der Waals surface area contributed by atoms with Gasteiger partial charge in [0.1, 0.15) is 0 Å². The highest BCUT2D eigenvalue weighted by Crippen LogP contribution is 2.37. The van der Waals surface area contributed by atoms with Crippen LogP contribution in [0.3, 0.4) is 0 Å². The van der Waals surface area contributed by atoms with Crippen molar-refractivity contribution >= 4 is 21.7 Å². The molecule has 1 N–H and O–H groups in total. The first kappa shape index (κ1) is 12.4. The maximum Gasteiger partial charge on any atom is 0.166 e. The topological polar surface area (TPSA) is 28.2 Å². The molecule has 0 aliphatic carbocycles.